The molecule has 2 heterocycles. The Kier molecular flexibility index (Phi) is 3.07. The Balaban J connectivity index is 2.01. The highest BCUT2D eigenvalue weighted by atomic mass is 16.6. The highest BCUT2D eigenvalue weighted by Crippen LogP contribution is 2.31. The molecule has 0 bridgehead atoms. The fraction of sp³-hybridized carbons (Fsp3) is 0.667. The molecular formula is C12H14O7. The zero-order chi connectivity index (χ0) is 14.3. The second-order valence-corrected chi connectivity index (χ2v) is 5.09. The Morgan fingerprint density at radius 2 is 1.32 bits per heavy atom. The van der Waals surface area contributed by atoms with Gasteiger partial charge in [-0.1, -0.05) is 0 Å². The normalized spacial score (nSPS) is 33.8. The fourth-order valence-corrected chi connectivity index (χ4v) is 1.98. The fourth-order valence-electron chi connectivity index (χ4n) is 1.98. The molecule has 0 spiro atoms. The van der Waals surface area contributed by atoms with E-state index in [4.69, 9.17) is 9.47 Å². The van der Waals surface area contributed by atoms with E-state index in [1.807, 2.05) is 0 Å². The van der Waals surface area contributed by atoms with E-state index >= 15 is 0 Å². The van der Waals surface area contributed by atoms with Crippen LogP contribution in [-0.4, -0.2) is 35.1 Å². The van der Waals surface area contributed by atoms with Crippen molar-refractivity contribution in [1.82, 2.24) is 0 Å². The first-order chi connectivity index (χ1) is 8.75. The molecule has 0 aromatic carbocycles. The number of cyclic esters (lactones) is 2. The number of hydrogen-bond donors (Lipinski definition) is 0. The van der Waals surface area contributed by atoms with Crippen molar-refractivity contribution in [2.45, 2.75) is 50.7 Å². The quantitative estimate of drug-likeness (QED) is 0.403. The van der Waals surface area contributed by atoms with E-state index in [9.17, 15) is 19.2 Å². The summed E-state index contributed by atoms with van der Waals surface area (Å²) in [5.74, 6) is -2.89. The van der Waals surface area contributed by atoms with E-state index in [-0.39, 0.29) is 25.7 Å². The van der Waals surface area contributed by atoms with Crippen molar-refractivity contribution in [3.05, 3.63) is 0 Å². The van der Waals surface area contributed by atoms with Crippen LogP contribution in [0.4, 0.5) is 0 Å². The van der Waals surface area contributed by atoms with Crippen molar-refractivity contribution in [2.75, 3.05) is 0 Å². The van der Waals surface area contributed by atoms with Crippen molar-refractivity contribution < 1.29 is 33.4 Å². The molecule has 0 radical (unpaired) electrons. The van der Waals surface area contributed by atoms with Crippen molar-refractivity contribution in [3.63, 3.8) is 0 Å². The first kappa shape index (κ1) is 13.5. The number of carbonyl (C=O) groups is 4. The van der Waals surface area contributed by atoms with E-state index in [2.05, 4.69) is 4.74 Å². The molecule has 2 atom stereocenters. The molecule has 19 heavy (non-hydrogen) atoms. The van der Waals surface area contributed by atoms with Crippen LogP contribution in [0.1, 0.15) is 39.5 Å². The number of ether oxygens (including phenoxy) is 3. The monoisotopic (exact) mass is 270 g/mol. The average Bonchev–Trinajstić information content (AvgIpc) is 2.84. The van der Waals surface area contributed by atoms with E-state index in [0.717, 1.165) is 0 Å². The van der Waals surface area contributed by atoms with E-state index in [1.54, 1.807) is 0 Å². The standard InChI is InChI=1S/C12H14O7/c1-11(5-3-7(13)18-11)9(15)17-10(16)12(2)6-4-8(14)19-12/h3-6H2,1-2H3. The molecule has 0 amide bonds. The molecule has 2 rings (SSSR count). The molecule has 0 saturated carbocycles. The number of rotatable bonds is 2. The van der Waals surface area contributed by atoms with Crippen molar-refractivity contribution >= 4 is 23.9 Å². The number of esters is 4. The molecule has 2 aliphatic heterocycles. The molecule has 0 aromatic heterocycles. The predicted octanol–water partition coefficient (Wildman–Crippen LogP) is 0.248. The van der Waals surface area contributed by atoms with Gasteiger partial charge in [0.15, 0.2) is 0 Å². The minimum absolute atomic E-state index is 0.103. The first-order valence-corrected chi connectivity index (χ1v) is 5.96. The summed E-state index contributed by atoms with van der Waals surface area (Å²) in [5, 5.41) is 0. The topological polar surface area (TPSA) is 96.0 Å². The van der Waals surface area contributed by atoms with Gasteiger partial charge in [-0.3, -0.25) is 9.59 Å². The SMILES string of the molecule is CC1(C(=O)OC(=O)C2(C)CCC(=O)O2)CCC(=O)O1. The van der Waals surface area contributed by atoms with Gasteiger partial charge in [0, 0.05) is 25.7 Å². The molecule has 0 aliphatic carbocycles. The van der Waals surface area contributed by atoms with Gasteiger partial charge >= 0.3 is 23.9 Å². The van der Waals surface area contributed by atoms with Crippen LogP contribution in [0.3, 0.4) is 0 Å². The van der Waals surface area contributed by atoms with Crippen LogP contribution in [0.15, 0.2) is 0 Å². The molecule has 104 valence electrons. The van der Waals surface area contributed by atoms with Crippen molar-refractivity contribution in [3.8, 4) is 0 Å². The van der Waals surface area contributed by atoms with Gasteiger partial charge in [-0.25, -0.2) is 9.59 Å². The summed E-state index contributed by atoms with van der Waals surface area (Å²) in [7, 11) is 0. The third-order valence-electron chi connectivity index (χ3n) is 3.34. The summed E-state index contributed by atoms with van der Waals surface area (Å²) in [6, 6.07) is 0. The molecule has 7 heteroatoms. The van der Waals surface area contributed by atoms with Crippen LogP contribution in [0, 0.1) is 0 Å². The van der Waals surface area contributed by atoms with Gasteiger partial charge in [0.25, 0.3) is 0 Å². The minimum atomic E-state index is -1.44. The molecule has 2 fully saturated rings. The summed E-state index contributed by atoms with van der Waals surface area (Å²) >= 11 is 0. The van der Waals surface area contributed by atoms with Gasteiger partial charge in [-0.2, -0.15) is 0 Å². The third-order valence-corrected chi connectivity index (χ3v) is 3.34. The summed E-state index contributed by atoms with van der Waals surface area (Å²) < 4.78 is 14.4. The van der Waals surface area contributed by atoms with E-state index in [0.29, 0.717) is 0 Å². The van der Waals surface area contributed by atoms with Gasteiger partial charge in [-0.05, 0) is 13.8 Å². The second-order valence-electron chi connectivity index (χ2n) is 5.09. The summed E-state index contributed by atoms with van der Waals surface area (Å²) in [5.41, 5.74) is -2.88. The van der Waals surface area contributed by atoms with Crippen LogP contribution in [-0.2, 0) is 33.4 Å². The van der Waals surface area contributed by atoms with Gasteiger partial charge in [-0.15, -0.1) is 0 Å². The zero-order valence-corrected chi connectivity index (χ0v) is 10.7. The molecule has 2 saturated heterocycles. The Labute approximate surface area is 109 Å². The highest BCUT2D eigenvalue weighted by molar-refractivity contribution is 5.97. The van der Waals surface area contributed by atoms with E-state index in [1.165, 1.54) is 13.8 Å². The maximum atomic E-state index is 11.8. The van der Waals surface area contributed by atoms with Gasteiger partial charge < -0.3 is 14.2 Å². The van der Waals surface area contributed by atoms with Gasteiger partial charge in [0.05, 0.1) is 0 Å². The number of carbonyl (C=O) groups excluding carboxylic acids is 4. The predicted molar refractivity (Wildman–Crippen MR) is 58.6 cm³/mol. The largest absolute Gasteiger partial charge is 0.447 e. The number of hydrogen-bond acceptors (Lipinski definition) is 7. The molecule has 0 aromatic rings. The molecule has 2 aliphatic rings. The summed E-state index contributed by atoms with van der Waals surface area (Å²) in [6.07, 6.45) is 0.529. The lowest BCUT2D eigenvalue weighted by Gasteiger charge is -2.23. The smallest absolute Gasteiger partial charge is 0.358 e. The molecular weight excluding hydrogens is 256 g/mol. The Morgan fingerprint density at radius 3 is 1.58 bits per heavy atom. The van der Waals surface area contributed by atoms with Gasteiger partial charge in [0.1, 0.15) is 0 Å². The Bertz CT molecular complexity index is 427. The highest BCUT2D eigenvalue weighted by Gasteiger charge is 2.50. The maximum Gasteiger partial charge on any atom is 0.358 e. The van der Waals surface area contributed by atoms with Crippen LogP contribution in [0.2, 0.25) is 0 Å². The lowest BCUT2D eigenvalue weighted by molar-refractivity contribution is -0.188. The van der Waals surface area contributed by atoms with Crippen LogP contribution in [0.5, 0.6) is 0 Å². The lowest BCUT2D eigenvalue weighted by atomic mass is 10.0. The minimum Gasteiger partial charge on any atom is -0.447 e. The van der Waals surface area contributed by atoms with E-state index < -0.39 is 35.1 Å². The maximum absolute atomic E-state index is 11.8. The zero-order valence-electron chi connectivity index (χ0n) is 10.7. The van der Waals surface area contributed by atoms with Crippen molar-refractivity contribution in [2.24, 2.45) is 0 Å². The summed E-state index contributed by atoms with van der Waals surface area (Å²) in [4.78, 5) is 45.7. The molecule has 2 unspecified atom stereocenters. The van der Waals surface area contributed by atoms with Crippen LogP contribution in [0.25, 0.3) is 0 Å². The lowest BCUT2D eigenvalue weighted by Crippen LogP contribution is -2.44. The van der Waals surface area contributed by atoms with Crippen LogP contribution < -0.4 is 0 Å². The second kappa shape index (κ2) is 4.32. The Hall–Kier alpha value is -1.92. The van der Waals surface area contributed by atoms with Crippen LogP contribution >= 0.6 is 0 Å². The average molecular weight is 270 g/mol. The third kappa shape index (κ3) is 2.45. The Morgan fingerprint density at radius 1 is 0.947 bits per heavy atom. The first-order valence-electron chi connectivity index (χ1n) is 5.96. The molecule has 7 nitrogen and oxygen atoms in total. The summed E-state index contributed by atoms with van der Waals surface area (Å²) in [6.45, 7) is 2.77. The van der Waals surface area contributed by atoms with Gasteiger partial charge in [0.2, 0.25) is 11.2 Å². The van der Waals surface area contributed by atoms with Crippen molar-refractivity contribution in [1.29, 1.82) is 0 Å². The molecule has 0 N–H and O–H groups in total.